The van der Waals surface area contributed by atoms with Crippen molar-refractivity contribution in [2.24, 2.45) is 0 Å². The van der Waals surface area contributed by atoms with Gasteiger partial charge in [0.25, 0.3) is 11.5 Å². The number of anilines is 1. The van der Waals surface area contributed by atoms with Crippen LogP contribution in [0.5, 0.6) is 0 Å². The maximum Gasteiger partial charge on any atom is 0.272 e. The summed E-state index contributed by atoms with van der Waals surface area (Å²) in [5.41, 5.74) is 0.338. The predicted molar refractivity (Wildman–Crippen MR) is 97.3 cm³/mol. The van der Waals surface area contributed by atoms with E-state index < -0.39 is 0 Å². The third kappa shape index (κ3) is 4.47. The van der Waals surface area contributed by atoms with Gasteiger partial charge in [0.2, 0.25) is 5.91 Å². The Kier molecular flexibility index (Phi) is 5.65. The lowest BCUT2D eigenvalue weighted by Gasteiger charge is -2.34. The molecule has 0 unspecified atom stereocenters. The number of aromatic amines is 1. The number of carbonyl (C=O) groups excluding carboxylic acids is 2. The number of rotatable bonds is 4. The van der Waals surface area contributed by atoms with E-state index in [-0.39, 0.29) is 29.6 Å². The summed E-state index contributed by atoms with van der Waals surface area (Å²) in [6, 6.07) is 8.24. The van der Waals surface area contributed by atoms with Gasteiger partial charge in [-0.2, -0.15) is 0 Å². The molecule has 2 aromatic rings. The topological polar surface area (TPSA) is 98.4 Å². The molecule has 0 aliphatic carbocycles. The van der Waals surface area contributed by atoms with Gasteiger partial charge < -0.3 is 15.2 Å². The number of carbonyl (C=O) groups is 2. The summed E-state index contributed by atoms with van der Waals surface area (Å²) in [4.78, 5) is 45.7. The first-order chi connectivity index (χ1) is 12.5. The Morgan fingerprint density at radius 3 is 2.62 bits per heavy atom. The van der Waals surface area contributed by atoms with E-state index in [9.17, 15) is 14.4 Å². The highest BCUT2D eigenvalue weighted by Crippen LogP contribution is 2.20. The Balaban J connectivity index is 1.51. The molecule has 0 spiro atoms. The maximum absolute atomic E-state index is 12.4. The van der Waals surface area contributed by atoms with E-state index in [1.807, 2.05) is 4.90 Å². The molecule has 1 saturated heterocycles. The molecular formula is C17H18ClN5O3. The second-order valence-corrected chi connectivity index (χ2v) is 6.30. The molecule has 136 valence electrons. The van der Waals surface area contributed by atoms with E-state index in [4.69, 9.17) is 11.6 Å². The van der Waals surface area contributed by atoms with Gasteiger partial charge in [-0.3, -0.25) is 19.3 Å². The zero-order valence-electron chi connectivity index (χ0n) is 13.9. The van der Waals surface area contributed by atoms with E-state index in [0.29, 0.717) is 36.9 Å². The number of aromatic nitrogens is 2. The lowest BCUT2D eigenvalue weighted by molar-refractivity contribution is -0.117. The monoisotopic (exact) mass is 375 g/mol. The van der Waals surface area contributed by atoms with Gasteiger partial charge >= 0.3 is 0 Å². The summed E-state index contributed by atoms with van der Waals surface area (Å²) >= 11 is 6.03. The van der Waals surface area contributed by atoms with Crippen molar-refractivity contribution in [1.29, 1.82) is 0 Å². The molecule has 0 atom stereocenters. The van der Waals surface area contributed by atoms with Crippen LogP contribution in [0.2, 0.25) is 5.02 Å². The molecule has 2 heterocycles. The number of para-hydroxylation sites is 1. The van der Waals surface area contributed by atoms with Gasteiger partial charge in [-0.05, 0) is 12.1 Å². The second kappa shape index (κ2) is 8.11. The van der Waals surface area contributed by atoms with Crippen molar-refractivity contribution in [3.63, 3.8) is 0 Å². The minimum Gasteiger partial charge on any atom is -0.335 e. The van der Waals surface area contributed by atoms with Crippen molar-refractivity contribution < 1.29 is 9.59 Å². The number of halogens is 1. The van der Waals surface area contributed by atoms with Crippen LogP contribution >= 0.6 is 11.6 Å². The van der Waals surface area contributed by atoms with Gasteiger partial charge in [0, 0.05) is 32.2 Å². The number of nitrogens with one attached hydrogen (secondary N) is 2. The summed E-state index contributed by atoms with van der Waals surface area (Å²) in [5, 5.41) is 3.27. The number of hydrogen-bond acceptors (Lipinski definition) is 5. The smallest absolute Gasteiger partial charge is 0.272 e. The van der Waals surface area contributed by atoms with Gasteiger partial charge in [-0.25, -0.2) is 4.98 Å². The lowest BCUT2D eigenvalue weighted by Crippen LogP contribution is -2.50. The number of nitrogens with zero attached hydrogens (tertiary/aromatic N) is 3. The number of amides is 2. The molecule has 1 aliphatic heterocycles. The first kappa shape index (κ1) is 18.1. The SMILES string of the molecule is O=C(CN1CCN(C(=O)c2cc(=O)[nH]cn2)CC1)Nc1ccccc1Cl. The van der Waals surface area contributed by atoms with Crippen molar-refractivity contribution in [2.45, 2.75) is 0 Å². The molecule has 1 aliphatic rings. The Morgan fingerprint density at radius 1 is 1.19 bits per heavy atom. The fourth-order valence-electron chi connectivity index (χ4n) is 2.71. The highest BCUT2D eigenvalue weighted by molar-refractivity contribution is 6.33. The van der Waals surface area contributed by atoms with E-state index in [2.05, 4.69) is 15.3 Å². The molecule has 1 fully saturated rings. The van der Waals surface area contributed by atoms with E-state index >= 15 is 0 Å². The normalized spacial score (nSPS) is 14.9. The molecular weight excluding hydrogens is 358 g/mol. The third-order valence-electron chi connectivity index (χ3n) is 4.07. The van der Waals surface area contributed by atoms with Crippen LogP contribution in [0.25, 0.3) is 0 Å². The molecule has 1 aromatic heterocycles. The van der Waals surface area contributed by atoms with Gasteiger partial charge in [-0.15, -0.1) is 0 Å². The van der Waals surface area contributed by atoms with Gasteiger partial charge in [0.15, 0.2) is 0 Å². The number of benzene rings is 1. The molecule has 2 amide bonds. The van der Waals surface area contributed by atoms with Crippen molar-refractivity contribution in [3.8, 4) is 0 Å². The first-order valence-electron chi connectivity index (χ1n) is 8.13. The number of H-pyrrole nitrogens is 1. The van der Waals surface area contributed by atoms with Crippen LogP contribution in [0.1, 0.15) is 10.5 Å². The van der Waals surface area contributed by atoms with Gasteiger partial charge in [-0.1, -0.05) is 23.7 Å². The molecule has 3 rings (SSSR count). The largest absolute Gasteiger partial charge is 0.335 e. The second-order valence-electron chi connectivity index (χ2n) is 5.89. The first-order valence-corrected chi connectivity index (χ1v) is 8.51. The molecule has 1 aromatic carbocycles. The highest BCUT2D eigenvalue weighted by Gasteiger charge is 2.24. The van der Waals surface area contributed by atoms with Crippen LogP contribution in [-0.4, -0.2) is 64.3 Å². The zero-order valence-corrected chi connectivity index (χ0v) is 14.7. The number of piperazine rings is 1. The summed E-state index contributed by atoms with van der Waals surface area (Å²) in [6.07, 6.45) is 1.21. The summed E-state index contributed by atoms with van der Waals surface area (Å²) < 4.78 is 0. The van der Waals surface area contributed by atoms with Crippen LogP contribution in [0.15, 0.2) is 41.5 Å². The van der Waals surface area contributed by atoms with Crippen molar-refractivity contribution in [1.82, 2.24) is 19.8 Å². The van der Waals surface area contributed by atoms with Gasteiger partial charge in [0.1, 0.15) is 5.69 Å². The van der Waals surface area contributed by atoms with Crippen LogP contribution in [-0.2, 0) is 4.79 Å². The summed E-state index contributed by atoms with van der Waals surface area (Å²) in [5.74, 6) is -0.439. The van der Waals surface area contributed by atoms with Crippen molar-refractivity contribution in [2.75, 3.05) is 38.0 Å². The molecule has 9 heteroatoms. The van der Waals surface area contributed by atoms with E-state index in [1.165, 1.54) is 12.4 Å². The quantitative estimate of drug-likeness (QED) is 0.824. The minimum absolute atomic E-state index is 0.124. The Morgan fingerprint density at radius 2 is 1.92 bits per heavy atom. The van der Waals surface area contributed by atoms with Crippen LogP contribution in [0.4, 0.5) is 5.69 Å². The van der Waals surface area contributed by atoms with Crippen LogP contribution < -0.4 is 10.9 Å². The average Bonchev–Trinajstić information content (AvgIpc) is 2.64. The molecule has 2 N–H and O–H groups in total. The van der Waals surface area contributed by atoms with Crippen LogP contribution in [0, 0.1) is 0 Å². The van der Waals surface area contributed by atoms with E-state index in [1.54, 1.807) is 29.2 Å². The zero-order chi connectivity index (χ0) is 18.5. The Labute approximate surface area is 154 Å². The molecule has 0 saturated carbocycles. The summed E-state index contributed by atoms with van der Waals surface area (Å²) in [6.45, 7) is 2.27. The molecule has 0 radical (unpaired) electrons. The highest BCUT2D eigenvalue weighted by atomic mass is 35.5. The lowest BCUT2D eigenvalue weighted by atomic mass is 10.2. The number of hydrogen-bond donors (Lipinski definition) is 2. The Hall–Kier alpha value is -2.71. The standard InChI is InChI=1S/C17H18ClN5O3/c18-12-3-1-2-4-13(12)21-16(25)10-22-5-7-23(8-6-22)17(26)14-9-15(24)20-11-19-14/h1-4,9,11H,5-8,10H2,(H,21,25)(H,19,20,24). The fraction of sp³-hybridized carbons (Fsp3) is 0.294. The average molecular weight is 376 g/mol. The van der Waals surface area contributed by atoms with Crippen molar-refractivity contribution >= 4 is 29.1 Å². The molecule has 0 bridgehead atoms. The summed E-state index contributed by atoms with van der Waals surface area (Å²) in [7, 11) is 0. The van der Waals surface area contributed by atoms with E-state index in [0.717, 1.165) is 0 Å². The third-order valence-corrected chi connectivity index (χ3v) is 4.40. The fourth-order valence-corrected chi connectivity index (χ4v) is 2.89. The Bertz CT molecular complexity index is 861. The molecule has 8 nitrogen and oxygen atoms in total. The van der Waals surface area contributed by atoms with Gasteiger partial charge in [0.05, 0.1) is 23.6 Å². The van der Waals surface area contributed by atoms with Crippen LogP contribution in [0.3, 0.4) is 0 Å². The maximum atomic E-state index is 12.4. The molecule has 26 heavy (non-hydrogen) atoms. The predicted octanol–water partition coefficient (Wildman–Crippen LogP) is 0.820. The minimum atomic E-state index is -0.363. The van der Waals surface area contributed by atoms with Crippen molar-refractivity contribution in [3.05, 3.63) is 57.7 Å².